The largest absolute Gasteiger partial charge is 0.444 e. The molecule has 2 aromatic heterocycles. The first-order valence-electron chi connectivity index (χ1n) is 13.8. The maximum absolute atomic E-state index is 12.4. The van der Waals surface area contributed by atoms with E-state index in [1.54, 1.807) is 0 Å². The molecule has 38 heavy (non-hydrogen) atoms. The zero-order chi connectivity index (χ0) is 26.6. The molecular formula is C30H39N5O2S. The van der Waals surface area contributed by atoms with E-state index in [9.17, 15) is 4.79 Å². The van der Waals surface area contributed by atoms with Crippen molar-refractivity contribution in [3.8, 4) is 11.3 Å². The molecule has 3 saturated heterocycles. The molecule has 5 heterocycles. The second-order valence-electron chi connectivity index (χ2n) is 12.2. The van der Waals surface area contributed by atoms with Crippen LogP contribution in [0.2, 0.25) is 0 Å². The number of carbonyl (C=O) groups is 1. The van der Waals surface area contributed by atoms with Gasteiger partial charge in [0.25, 0.3) is 0 Å². The average Bonchev–Trinajstić information content (AvgIpc) is 3.54. The third-order valence-electron chi connectivity index (χ3n) is 8.05. The van der Waals surface area contributed by atoms with Crippen molar-refractivity contribution in [2.75, 3.05) is 69.2 Å². The van der Waals surface area contributed by atoms with E-state index in [2.05, 4.69) is 65.1 Å². The van der Waals surface area contributed by atoms with Gasteiger partial charge in [-0.15, -0.1) is 11.3 Å². The number of carbonyl (C=O) groups excluding carboxylic acids is 1. The van der Waals surface area contributed by atoms with Gasteiger partial charge in [-0.2, -0.15) is 0 Å². The summed E-state index contributed by atoms with van der Waals surface area (Å²) in [5.41, 5.74) is 5.36. The average molecular weight is 534 g/mol. The van der Waals surface area contributed by atoms with E-state index in [1.165, 1.54) is 34.0 Å². The number of ether oxygens (including phenoxy) is 1. The molecule has 0 aliphatic carbocycles. The van der Waals surface area contributed by atoms with E-state index in [-0.39, 0.29) is 6.09 Å². The Kier molecular flexibility index (Phi) is 6.51. The molecule has 7 nitrogen and oxygen atoms in total. The Morgan fingerprint density at radius 2 is 1.61 bits per heavy atom. The first-order chi connectivity index (χ1) is 18.1. The standard InChI is InChI=1S/C30H39N5O2S/c1-20-14-26-28(38-20)27(35-18-22-16-32(5)17-23(22)19-35)15-25(31-26)21-6-8-24(9-7-21)33-10-12-34(13-11-33)29(36)37-30(2,3)4/h6-9,14-15,22-23H,10-13,16-19H2,1-5H3. The molecule has 2 atom stereocenters. The first kappa shape index (κ1) is 25.4. The maximum atomic E-state index is 12.4. The fourth-order valence-corrected chi connectivity index (χ4v) is 7.24. The smallest absolute Gasteiger partial charge is 0.410 e. The number of anilines is 2. The lowest BCUT2D eigenvalue weighted by atomic mass is 10.0. The summed E-state index contributed by atoms with van der Waals surface area (Å²) in [4.78, 5) is 28.1. The quantitative estimate of drug-likeness (QED) is 0.454. The number of benzene rings is 1. The van der Waals surface area contributed by atoms with Crippen molar-refractivity contribution < 1.29 is 9.53 Å². The topological polar surface area (TPSA) is 52.2 Å². The van der Waals surface area contributed by atoms with Crippen molar-refractivity contribution in [1.82, 2.24) is 14.8 Å². The Hall–Kier alpha value is -2.84. The van der Waals surface area contributed by atoms with Crippen molar-refractivity contribution in [2.45, 2.75) is 33.3 Å². The number of aromatic nitrogens is 1. The minimum absolute atomic E-state index is 0.220. The lowest BCUT2D eigenvalue weighted by Crippen LogP contribution is -2.50. The Labute approximate surface area is 230 Å². The summed E-state index contributed by atoms with van der Waals surface area (Å²) in [6.07, 6.45) is -0.220. The first-order valence-corrected chi connectivity index (χ1v) is 14.6. The number of hydrogen-bond donors (Lipinski definition) is 0. The van der Waals surface area contributed by atoms with Crippen molar-refractivity contribution in [2.24, 2.45) is 11.8 Å². The number of likely N-dealkylation sites (tertiary alicyclic amines) is 1. The van der Waals surface area contributed by atoms with Crippen LogP contribution in [0, 0.1) is 18.8 Å². The van der Waals surface area contributed by atoms with E-state index in [1.807, 2.05) is 37.0 Å². The van der Waals surface area contributed by atoms with Gasteiger partial charge in [0.2, 0.25) is 0 Å². The van der Waals surface area contributed by atoms with E-state index in [4.69, 9.17) is 9.72 Å². The molecule has 3 aromatic rings. The molecule has 0 radical (unpaired) electrons. The third kappa shape index (κ3) is 5.08. The number of hydrogen-bond acceptors (Lipinski definition) is 7. The van der Waals surface area contributed by atoms with Gasteiger partial charge in [0, 0.05) is 68.5 Å². The SMILES string of the molecule is Cc1cc2nc(-c3ccc(N4CCN(C(=O)OC(C)(C)C)CC4)cc3)cc(N3CC4CN(C)CC4C3)c2s1. The van der Waals surface area contributed by atoms with Gasteiger partial charge in [-0.3, -0.25) is 0 Å². The zero-order valence-electron chi connectivity index (χ0n) is 23.2. The maximum Gasteiger partial charge on any atom is 0.410 e. The molecule has 0 spiro atoms. The molecule has 6 rings (SSSR count). The van der Waals surface area contributed by atoms with E-state index >= 15 is 0 Å². The van der Waals surface area contributed by atoms with E-state index in [0.717, 1.165) is 54.8 Å². The molecule has 2 unspecified atom stereocenters. The number of pyridine rings is 1. The molecule has 0 N–H and O–H groups in total. The molecule has 0 bridgehead atoms. The molecule has 1 amide bonds. The molecule has 1 aromatic carbocycles. The Balaban J connectivity index is 1.19. The van der Waals surface area contributed by atoms with Gasteiger partial charge in [0.15, 0.2) is 0 Å². The van der Waals surface area contributed by atoms with Crippen molar-refractivity contribution >= 4 is 39.0 Å². The number of nitrogens with zero attached hydrogens (tertiary/aromatic N) is 5. The fraction of sp³-hybridized carbons (Fsp3) is 0.533. The van der Waals surface area contributed by atoms with Crippen molar-refractivity contribution in [1.29, 1.82) is 0 Å². The second kappa shape index (κ2) is 9.72. The highest BCUT2D eigenvalue weighted by Crippen LogP contribution is 2.41. The lowest BCUT2D eigenvalue weighted by molar-refractivity contribution is 0.0240. The molecule has 0 saturated carbocycles. The van der Waals surface area contributed by atoms with Gasteiger partial charge in [-0.1, -0.05) is 12.1 Å². The monoisotopic (exact) mass is 533 g/mol. The second-order valence-corrected chi connectivity index (χ2v) is 13.5. The Bertz CT molecular complexity index is 1310. The minimum Gasteiger partial charge on any atom is -0.444 e. The molecule has 202 valence electrons. The third-order valence-corrected chi connectivity index (χ3v) is 9.11. The van der Waals surface area contributed by atoms with Gasteiger partial charge < -0.3 is 24.3 Å². The molecule has 3 fully saturated rings. The molecule has 3 aliphatic heterocycles. The highest BCUT2D eigenvalue weighted by molar-refractivity contribution is 7.19. The van der Waals surface area contributed by atoms with Gasteiger partial charge in [0.05, 0.1) is 21.6 Å². The van der Waals surface area contributed by atoms with Gasteiger partial charge >= 0.3 is 6.09 Å². The Morgan fingerprint density at radius 3 is 2.24 bits per heavy atom. The summed E-state index contributed by atoms with van der Waals surface area (Å²) in [5, 5.41) is 0. The number of piperazine rings is 1. The van der Waals surface area contributed by atoms with E-state index < -0.39 is 5.60 Å². The summed E-state index contributed by atoms with van der Waals surface area (Å²) >= 11 is 1.87. The van der Waals surface area contributed by atoms with Crippen LogP contribution in [-0.2, 0) is 4.74 Å². The Morgan fingerprint density at radius 1 is 0.947 bits per heavy atom. The van der Waals surface area contributed by atoms with Crippen LogP contribution in [0.5, 0.6) is 0 Å². The fourth-order valence-electron chi connectivity index (χ4n) is 6.25. The predicted molar refractivity (Wildman–Crippen MR) is 157 cm³/mol. The van der Waals surface area contributed by atoms with Crippen LogP contribution in [0.15, 0.2) is 36.4 Å². The summed E-state index contributed by atoms with van der Waals surface area (Å²) < 4.78 is 6.86. The summed E-state index contributed by atoms with van der Waals surface area (Å²) in [5.74, 6) is 1.53. The lowest BCUT2D eigenvalue weighted by Gasteiger charge is -2.36. The van der Waals surface area contributed by atoms with Crippen LogP contribution in [0.1, 0.15) is 25.6 Å². The van der Waals surface area contributed by atoms with E-state index in [0.29, 0.717) is 13.1 Å². The van der Waals surface area contributed by atoms with Crippen LogP contribution < -0.4 is 9.80 Å². The van der Waals surface area contributed by atoms with Crippen LogP contribution in [0.25, 0.3) is 21.5 Å². The van der Waals surface area contributed by atoms with Gasteiger partial charge in [-0.25, -0.2) is 9.78 Å². The van der Waals surface area contributed by atoms with Crippen LogP contribution in [-0.4, -0.2) is 85.9 Å². The molecular weight excluding hydrogens is 494 g/mol. The number of rotatable bonds is 3. The van der Waals surface area contributed by atoms with Gasteiger partial charge in [0.1, 0.15) is 5.60 Å². The molecule has 8 heteroatoms. The van der Waals surface area contributed by atoms with Crippen LogP contribution >= 0.6 is 11.3 Å². The van der Waals surface area contributed by atoms with Crippen molar-refractivity contribution in [3.05, 3.63) is 41.3 Å². The predicted octanol–water partition coefficient (Wildman–Crippen LogP) is 5.33. The summed E-state index contributed by atoms with van der Waals surface area (Å²) in [6.45, 7) is 15.5. The number of amides is 1. The van der Waals surface area contributed by atoms with Gasteiger partial charge in [-0.05, 0) is 70.8 Å². The van der Waals surface area contributed by atoms with Crippen LogP contribution in [0.3, 0.4) is 0 Å². The highest BCUT2D eigenvalue weighted by atomic mass is 32.1. The summed E-state index contributed by atoms with van der Waals surface area (Å²) in [6, 6.07) is 13.3. The number of fused-ring (bicyclic) bond motifs is 2. The summed E-state index contributed by atoms with van der Waals surface area (Å²) in [7, 11) is 2.25. The number of aryl methyl sites for hydroxylation is 1. The minimum atomic E-state index is -0.465. The molecule has 3 aliphatic rings. The number of thiophene rings is 1. The van der Waals surface area contributed by atoms with Crippen LogP contribution in [0.4, 0.5) is 16.2 Å². The highest BCUT2D eigenvalue weighted by Gasteiger charge is 2.39. The normalized spacial score (nSPS) is 22.4. The van der Waals surface area contributed by atoms with Crippen molar-refractivity contribution in [3.63, 3.8) is 0 Å². The zero-order valence-corrected chi connectivity index (χ0v) is 24.1.